The Bertz CT molecular complexity index is 583. The lowest BCUT2D eigenvalue weighted by molar-refractivity contribution is -0.190. The molecule has 0 radical (unpaired) electrons. The van der Waals surface area contributed by atoms with Gasteiger partial charge in [0, 0.05) is 19.8 Å². The average molecular weight is 347 g/mol. The highest BCUT2D eigenvalue weighted by molar-refractivity contribution is 5.79. The van der Waals surface area contributed by atoms with Gasteiger partial charge in [0.1, 0.15) is 11.4 Å². The number of aryl methyl sites for hydroxylation is 1. The van der Waals surface area contributed by atoms with E-state index in [9.17, 15) is 4.79 Å². The Morgan fingerprint density at radius 1 is 1.36 bits per heavy atom. The first kappa shape index (κ1) is 18.2. The van der Waals surface area contributed by atoms with E-state index in [1.807, 2.05) is 43.0 Å². The van der Waals surface area contributed by atoms with Gasteiger partial charge in [-0.2, -0.15) is 0 Å². The maximum atomic E-state index is 12.4. The number of hydrogen-bond acceptors (Lipinski definition) is 4. The van der Waals surface area contributed by atoms with Crippen molar-refractivity contribution in [2.45, 2.75) is 38.7 Å². The topological polar surface area (TPSA) is 48.0 Å². The molecule has 5 heteroatoms. The molecular formula is C20H29NO4. The van der Waals surface area contributed by atoms with E-state index in [0.29, 0.717) is 19.0 Å². The minimum atomic E-state index is -0.131. The Morgan fingerprint density at radius 2 is 2.16 bits per heavy atom. The molecule has 25 heavy (non-hydrogen) atoms. The number of amides is 1. The molecule has 1 amide bonds. The molecule has 5 nitrogen and oxygen atoms in total. The molecule has 2 aliphatic rings. The first-order valence-electron chi connectivity index (χ1n) is 9.30. The molecule has 2 saturated heterocycles. The van der Waals surface area contributed by atoms with Crippen molar-refractivity contribution in [2.24, 2.45) is 5.92 Å². The largest absolute Gasteiger partial charge is 0.484 e. The number of benzene rings is 1. The number of carbonyl (C=O) groups is 1. The standard InChI is InChI=1S/C20H29NO4/c1-3-23-10-8-17-9-11-25-20(12-17)14-21(15-20)19(22)13-24-18-7-5-4-6-16(18)2/h4-7,17H,3,8-15H2,1-2H3/t17-/m1/s1. The summed E-state index contributed by atoms with van der Waals surface area (Å²) in [6, 6.07) is 7.76. The van der Waals surface area contributed by atoms with Crippen molar-refractivity contribution >= 4 is 5.91 Å². The Morgan fingerprint density at radius 3 is 2.92 bits per heavy atom. The van der Waals surface area contributed by atoms with Crippen molar-refractivity contribution in [1.29, 1.82) is 0 Å². The van der Waals surface area contributed by atoms with Gasteiger partial charge < -0.3 is 19.1 Å². The molecule has 1 aromatic rings. The molecule has 0 aromatic heterocycles. The van der Waals surface area contributed by atoms with Crippen molar-refractivity contribution in [3.63, 3.8) is 0 Å². The van der Waals surface area contributed by atoms with Crippen LogP contribution in [0.1, 0.15) is 31.7 Å². The maximum absolute atomic E-state index is 12.4. The zero-order chi connectivity index (χ0) is 17.7. The Kier molecular flexibility index (Phi) is 5.97. The molecule has 138 valence electrons. The molecule has 1 aromatic carbocycles. The normalized spacial score (nSPS) is 21.8. The van der Waals surface area contributed by atoms with E-state index in [1.54, 1.807) is 0 Å². The van der Waals surface area contributed by atoms with Gasteiger partial charge in [-0.3, -0.25) is 4.79 Å². The third-order valence-electron chi connectivity index (χ3n) is 5.23. The average Bonchev–Trinajstić information content (AvgIpc) is 2.59. The molecule has 0 unspecified atom stereocenters. The molecule has 2 fully saturated rings. The van der Waals surface area contributed by atoms with Gasteiger partial charge in [0.25, 0.3) is 5.91 Å². The zero-order valence-corrected chi connectivity index (χ0v) is 15.3. The van der Waals surface area contributed by atoms with Crippen molar-refractivity contribution in [3.8, 4) is 5.75 Å². The first-order chi connectivity index (χ1) is 12.1. The summed E-state index contributed by atoms with van der Waals surface area (Å²) < 4.78 is 17.2. The van der Waals surface area contributed by atoms with Crippen LogP contribution in [-0.2, 0) is 14.3 Å². The lowest BCUT2D eigenvalue weighted by atomic mass is 9.79. The molecule has 0 saturated carbocycles. The van der Waals surface area contributed by atoms with Crippen molar-refractivity contribution in [2.75, 3.05) is 39.5 Å². The van der Waals surface area contributed by atoms with Gasteiger partial charge in [0.2, 0.25) is 0 Å². The van der Waals surface area contributed by atoms with Crippen LogP contribution in [0.3, 0.4) is 0 Å². The van der Waals surface area contributed by atoms with Crippen LogP contribution in [-0.4, -0.2) is 55.9 Å². The highest BCUT2D eigenvalue weighted by atomic mass is 16.5. The fourth-order valence-corrected chi connectivity index (χ4v) is 3.77. The molecule has 3 rings (SSSR count). The molecule has 1 atom stereocenters. The summed E-state index contributed by atoms with van der Waals surface area (Å²) >= 11 is 0. The van der Waals surface area contributed by atoms with Gasteiger partial charge in [0.15, 0.2) is 6.61 Å². The fraction of sp³-hybridized carbons (Fsp3) is 0.650. The van der Waals surface area contributed by atoms with Crippen LogP contribution < -0.4 is 4.74 Å². The van der Waals surface area contributed by atoms with Crippen molar-refractivity contribution < 1.29 is 19.0 Å². The van der Waals surface area contributed by atoms with Crippen LogP contribution in [0, 0.1) is 12.8 Å². The van der Waals surface area contributed by atoms with E-state index in [4.69, 9.17) is 14.2 Å². The fourth-order valence-electron chi connectivity index (χ4n) is 3.77. The smallest absolute Gasteiger partial charge is 0.260 e. The van der Waals surface area contributed by atoms with Gasteiger partial charge in [-0.05, 0) is 50.7 Å². The van der Waals surface area contributed by atoms with E-state index >= 15 is 0 Å². The van der Waals surface area contributed by atoms with Crippen molar-refractivity contribution in [3.05, 3.63) is 29.8 Å². The van der Waals surface area contributed by atoms with E-state index in [1.165, 1.54) is 0 Å². The van der Waals surface area contributed by atoms with E-state index < -0.39 is 0 Å². The minimum absolute atomic E-state index is 0.0360. The van der Waals surface area contributed by atoms with Crippen LogP contribution in [0.2, 0.25) is 0 Å². The summed E-state index contributed by atoms with van der Waals surface area (Å²) in [6.45, 7) is 7.87. The zero-order valence-electron chi connectivity index (χ0n) is 15.3. The summed E-state index contributed by atoms with van der Waals surface area (Å²) in [6.07, 6.45) is 3.21. The first-order valence-corrected chi connectivity index (χ1v) is 9.30. The second-order valence-electron chi connectivity index (χ2n) is 7.18. The van der Waals surface area contributed by atoms with Gasteiger partial charge >= 0.3 is 0 Å². The van der Waals surface area contributed by atoms with E-state index in [2.05, 4.69) is 0 Å². The van der Waals surface area contributed by atoms with Crippen molar-refractivity contribution in [1.82, 2.24) is 4.90 Å². The maximum Gasteiger partial charge on any atom is 0.260 e. The second-order valence-corrected chi connectivity index (χ2v) is 7.18. The Labute approximate surface area is 150 Å². The number of hydrogen-bond donors (Lipinski definition) is 0. The summed E-state index contributed by atoms with van der Waals surface area (Å²) in [5.41, 5.74) is 0.913. The van der Waals surface area contributed by atoms with E-state index in [-0.39, 0.29) is 18.1 Å². The lowest BCUT2D eigenvalue weighted by Crippen LogP contribution is -2.67. The van der Waals surface area contributed by atoms with Crippen LogP contribution in [0.15, 0.2) is 24.3 Å². The van der Waals surface area contributed by atoms with Crippen LogP contribution in [0.25, 0.3) is 0 Å². The third-order valence-corrected chi connectivity index (χ3v) is 5.23. The van der Waals surface area contributed by atoms with Crippen LogP contribution >= 0.6 is 0 Å². The van der Waals surface area contributed by atoms with Gasteiger partial charge in [0.05, 0.1) is 13.1 Å². The summed E-state index contributed by atoms with van der Waals surface area (Å²) in [7, 11) is 0. The number of rotatable bonds is 7. The highest BCUT2D eigenvalue weighted by Gasteiger charge is 2.49. The third kappa shape index (κ3) is 4.53. The summed E-state index contributed by atoms with van der Waals surface area (Å²) in [5, 5.41) is 0. The molecule has 0 bridgehead atoms. The number of para-hydroxylation sites is 1. The number of carbonyl (C=O) groups excluding carboxylic acids is 1. The van der Waals surface area contributed by atoms with Gasteiger partial charge in [-0.25, -0.2) is 0 Å². The molecule has 1 spiro atoms. The number of ether oxygens (including phenoxy) is 3. The molecular weight excluding hydrogens is 318 g/mol. The highest BCUT2D eigenvalue weighted by Crippen LogP contribution is 2.38. The second kappa shape index (κ2) is 8.19. The lowest BCUT2D eigenvalue weighted by Gasteiger charge is -2.53. The predicted molar refractivity (Wildman–Crippen MR) is 95.8 cm³/mol. The summed E-state index contributed by atoms with van der Waals surface area (Å²) in [5.74, 6) is 1.45. The SMILES string of the molecule is CCOCC[C@@H]1CCOC2(C1)CN(C(=O)COc1ccccc1C)C2. The number of likely N-dealkylation sites (tertiary alicyclic amines) is 1. The Balaban J connectivity index is 1.43. The van der Waals surface area contributed by atoms with Crippen LogP contribution in [0.5, 0.6) is 5.75 Å². The molecule has 0 N–H and O–H groups in total. The van der Waals surface area contributed by atoms with Gasteiger partial charge in [-0.1, -0.05) is 18.2 Å². The van der Waals surface area contributed by atoms with E-state index in [0.717, 1.165) is 50.4 Å². The number of nitrogens with zero attached hydrogens (tertiary/aromatic N) is 1. The molecule has 2 aliphatic heterocycles. The Hall–Kier alpha value is -1.59. The monoisotopic (exact) mass is 347 g/mol. The van der Waals surface area contributed by atoms with Crippen LogP contribution in [0.4, 0.5) is 0 Å². The quantitative estimate of drug-likeness (QED) is 0.712. The molecule has 2 heterocycles. The van der Waals surface area contributed by atoms with Gasteiger partial charge in [-0.15, -0.1) is 0 Å². The minimum Gasteiger partial charge on any atom is -0.484 e. The predicted octanol–water partition coefficient (Wildman–Crippen LogP) is 2.81. The summed E-state index contributed by atoms with van der Waals surface area (Å²) in [4.78, 5) is 14.2. The molecule has 0 aliphatic carbocycles.